The van der Waals surface area contributed by atoms with Crippen LogP contribution in [0.15, 0.2) is 18.5 Å². The molecule has 1 unspecified atom stereocenters. The molecule has 19 heavy (non-hydrogen) atoms. The molecule has 2 amide bonds. The minimum absolute atomic E-state index is 0.0540. The molecule has 1 aromatic heterocycles. The van der Waals surface area contributed by atoms with Crippen LogP contribution >= 0.6 is 0 Å². The number of nitrogens with zero attached hydrogens (tertiary/aromatic N) is 2. The fraction of sp³-hybridized carbons (Fsp3) is 0.692. The summed E-state index contributed by atoms with van der Waals surface area (Å²) in [6, 6.07) is 1.64. The van der Waals surface area contributed by atoms with E-state index in [1.807, 2.05) is 30.8 Å². The van der Waals surface area contributed by atoms with Crippen molar-refractivity contribution in [2.75, 3.05) is 13.2 Å². The van der Waals surface area contributed by atoms with E-state index >= 15 is 0 Å². The van der Waals surface area contributed by atoms with Crippen molar-refractivity contribution in [2.24, 2.45) is 0 Å². The first kappa shape index (κ1) is 15.5. The molecule has 1 rings (SSSR count). The molecular formula is C13H24N4O2. The molecule has 0 aliphatic heterocycles. The van der Waals surface area contributed by atoms with E-state index in [2.05, 4.69) is 15.7 Å². The van der Waals surface area contributed by atoms with Gasteiger partial charge in [0.25, 0.3) is 0 Å². The van der Waals surface area contributed by atoms with Gasteiger partial charge in [-0.3, -0.25) is 4.68 Å². The molecular weight excluding hydrogens is 244 g/mol. The van der Waals surface area contributed by atoms with Crippen LogP contribution in [0.2, 0.25) is 0 Å². The average Bonchev–Trinajstić information content (AvgIpc) is 2.88. The third kappa shape index (κ3) is 5.74. The van der Waals surface area contributed by atoms with Crippen LogP contribution < -0.4 is 10.6 Å². The van der Waals surface area contributed by atoms with Gasteiger partial charge in [-0.05, 0) is 25.8 Å². The molecule has 3 N–H and O–H groups in total. The van der Waals surface area contributed by atoms with Crippen LogP contribution in [0.4, 0.5) is 4.79 Å². The van der Waals surface area contributed by atoms with E-state index < -0.39 is 5.54 Å². The van der Waals surface area contributed by atoms with Crippen molar-refractivity contribution < 1.29 is 9.90 Å². The van der Waals surface area contributed by atoms with Crippen LogP contribution in [0.5, 0.6) is 0 Å². The topological polar surface area (TPSA) is 79.2 Å². The maximum absolute atomic E-state index is 11.7. The number of nitrogens with one attached hydrogen (secondary N) is 2. The second kappa shape index (κ2) is 7.78. The first-order valence-corrected chi connectivity index (χ1v) is 6.74. The Bertz CT molecular complexity index is 367. The molecule has 0 saturated heterocycles. The highest BCUT2D eigenvalue weighted by atomic mass is 16.3. The summed E-state index contributed by atoms with van der Waals surface area (Å²) in [7, 11) is 0. The third-order valence-electron chi connectivity index (χ3n) is 2.97. The molecule has 0 spiro atoms. The monoisotopic (exact) mass is 268 g/mol. The number of amides is 2. The van der Waals surface area contributed by atoms with Crippen LogP contribution in [0.3, 0.4) is 0 Å². The lowest BCUT2D eigenvalue weighted by Gasteiger charge is -2.28. The fourth-order valence-electron chi connectivity index (χ4n) is 1.93. The van der Waals surface area contributed by atoms with Gasteiger partial charge in [-0.2, -0.15) is 5.10 Å². The average molecular weight is 268 g/mol. The molecule has 0 aliphatic rings. The zero-order chi connectivity index (χ0) is 14.1. The first-order valence-electron chi connectivity index (χ1n) is 6.74. The molecule has 1 heterocycles. The quantitative estimate of drug-likeness (QED) is 0.618. The van der Waals surface area contributed by atoms with E-state index in [1.54, 1.807) is 6.20 Å². The zero-order valence-corrected chi connectivity index (χ0v) is 11.7. The Balaban J connectivity index is 2.20. The molecule has 108 valence electrons. The number of rotatable bonds is 8. The Morgan fingerprint density at radius 1 is 1.53 bits per heavy atom. The van der Waals surface area contributed by atoms with Crippen LogP contribution in [-0.4, -0.2) is 39.6 Å². The predicted octanol–water partition coefficient (Wildman–Crippen LogP) is 1.12. The van der Waals surface area contributed by atoms with Crippen LogP contribution in [0.1, 0.15) is 33.1 Å². The van der Waals surface area contributed by atoms with Gasteiger partial charge in [-0.15, -0.1) is 0 Å². The summed E-state index contributed by atoms with van der Waals surface area (Å²) >= 11 is 0. The molecule has 0 radical (unpaired) electrons. The van der Waals surface area contributed by atoms with E-state index in [1.165, 1.54) is 0 Å². The van der Waals surface area contributed by atoms with Crippen LogP contribution in [0.25, 0.3) is 0 Å². The van der Waals surface area contributed by atoms with Gasteiger partial charge in [0.1, 0.15) is 0 Å². The maximum Gasteiger partial charge on any atom is 0.315 e. The van der Waals surface area contributed by atoms with Gasteiger partial charge in [0, 0.05) is 25.5 Å². The number of carbonyl (C=O) groups is 1. The Labute approximate surface area is 114 Å². The first-order chi connectivity index (χ1) is 9.09. The molecule has 0 bridgehead atoms. The highest BCUT2D eigenvalue weighted by Gasteiger charge is 2.23. The van der Waals surface area contributed by atoms with E-state index in [9.17, 15) is 9.90 Å². The number of carbonyl (C=O) groups excluding carboxylic acids is 1. The molecule has 0 fully saturated rings. The van der Waals surface area contributed by atoms with E-state index in [0.29, 0.717) is 6.54 Å². The Hall–Kier alpha value is -1.56. The number of aromatic nitrogens is 2. The second-order valence-electron chi connectivity index (χ2n) is 4.97. The van der Waals surface area contributed by atoms with Gasteiger partial charge in [0.05, 0.1) is 12.1 Å². The van der Waals surface area contributed by atoms with Gasteiger partial charge in [-0.1, -0.05) is 13.3 Å². The Morgan fingerprint density at radius 2 is 2.32 bits per heavy atom. The highest BCUT2D eigenvalue weighted by molar-refractivity contribution is 5.74. The number of hydrogen-bond acceptors (Lipinski definition) is 3. The largest absolute Gasteiger partial charge is 0.394 e. The zero-order valence-electron chi connectivity index (χ0n) is 11.7. The second-order valence-corrected chi connectivity index (χ2v) is 4.97. The smallest absolute Gasteiger partial charge is 0.315 e. The van der Waals surface area contributed by atoms with Gasteiger partial charge in [0.2, 0.25) is 0 Å². The van der Waals surface area contributed by atoms with Crippen molar-refractivity contribution in [1.82, 2.24) is 20.4 Å². The lowest BCUT2D eigenvalue weighted by atomic mass is 9.98. The van der Waals surface area contributed by atoms with Crippen molar-refractivity contribution in [3.8, 4) is 0 Å². The normalized spacial score (nSPS) is 13.8. The van der Waals surface area contributed by atoms with Gasteiger partial charge >= 0.3 is 6.03 Å². The summed E-state index contributed by atoms with van der Waals surface area (Å²) in [5.74, 6) is 0. The Kier molecular flexibility index (Phi) is 6.35. The summed E-state index contributed by atoms with van der Waals surface area (Å²) in [5.41, 5.74) is -0.541. The van der Waals surface area contributed by atoms with Crippen molar-refractivity contribution in [3.05, 3.63) is 18.5 Å². The fourth-order valence-corrected chi connectivity index (χ4v) is 1.93. The summed E-state index contributed by atoms with van der Waals surface area (Å²) in [6.45, 7) is 5.18. The standard InChI is InChI=1S/C13H24N4O2/c1-3-6-13(2,11-18)16-12(19)14-7-4-9-17-10-5-8-15-17/h5,8,10,18H,3-4,6-7,9,11H2,1-2H3,(H2,14,16,19). The number of aryl methyl sites for hydroxylation is 1. The SMILES string of the molecule is CCCC(C)(CO)NC(=O)NCCCn1cccn1. The lowest BCUT2D eigenvalue weighted by molar-refractivity contribution is 0.163. The summed E-state index contributed by atoms with van der Waals surface area (Å²) < 4.78 is 1.83. The van der Waals surface area contributed by atoms with Crippen molar-refractivity contribution in [2.45, 2.75) is 45.2 Å². The Morgan fingerprint density at radius 3 is 2.89 bits per heavy atom. The van der Waals surface area contributed by atoms with Crippen molar-refractivity contribution in [3.63, 3.8) is 0 Å². The minimum atomic E-state index is -0.541. The van der Waals surface area contributed by atoms with Crippen LogP contribution in [-0.2, 0) is 6.54 Å². The minimum Gasteiger partial charge on any atom is -0.394 e. The van der Waals surface area contributed by atoms with Crippen molar-refractivity contribution in [1.29, 1.82) is 0 Å². The highest BCUT2D eigenvalue weighted by Crippen LogP contribution is 2.10. The molecule has 6 nitrogen and oxygen atoms in total. The van der Waals surface area contributed by atoms with Gasteiger partial charge in [0.15, 0.2) is 0 Å². The molecule has 1 atom stereocenters. The summed E-state index contributed by atoms with van der Waals surface area (Å²) in [4.78, 5) is 11.7. The third-order valence-corrected chi connectivity index (χ3v) is 2.97. The maximum atomic E-state index is 11.7. The van der Waals surface area contributed by atoms with E-state index in [-0.39, 0.29) is 12.6 Å². The van der Waals surface area contributed by atoms with E-state index in [4.69, 9.17) is 0 Å². The van der Waals surface area contributed by atoms with Crippen molar-refractivity contribution >= 4 is 6.03 Å². The number of aliphatic hydroxyl groups excluding tert-OH is 1. The van der Waals surface area contributed by atoms with E-state index in [0.717, 1.165) is 25.8 Å². The van der Waals surface area contributed by atoms with Gasteiger partial charge < -0.3 is 15.7 Å². The molecule has 0 aliphatic carbocycles. The summed E-state index contributed by atoms with van der Waals surface area (Å²) in [5, 5.41) is 19.0. The molecule has 1 aromatic rings. The molecule has 6 heteroatoms. The predicted molar refractivity (Wildman–Crippen MR) is 73.8 cm³/mol. The number of hydrogen-bond donors (Lipinski definition) is 3. The summed E-state index contributed by atoms with van der Waals surface area (Å²) in [6.07, 6.45) is 6.11. The number of urea groups is 1. The number of aliphatic hydroxyl groups is 1. The van der Waals surface area contributed by atoms with Crippen LogP contribution in [0, 0.1) is 0 Å². The molecule has 0 saturated carbocycles. The van der Waals surface area contributed by atoms with Gasteiger partial charge in [-0.25, -0.2) is 4.79 Å². The molecule has 0 aromatic carbocycles. The lowest BCUT2D eigenvalue weighted by Crippen LogP contribution is -2.52.